The van der Waals surface area contributed by atoms with E-state index in [0.29, 0.717) is 29.0 Å². The van der Waals surface area contributed by atoms with Crippen molar-refractivity contribution in [3.05, 3.63) is 53.7 Å². The summed E-state index contributed by atoms with van der Waals surface area (Å²) in [7, 11) is 2.88. The first-order chi connectivity index (χ1) is 15.2. The lowest BCUT2D eigenvalue weighted by Crippen LogP contribution is -2.52. The van der Waals surface area contributed by atoms with E-state index in [4.69, 9.17) is 15.3 Å². The molecule has 0 unspecified atom stereocenters. The van der Waals surface area contributed by atoms with E-state index in [2.05, 4.69) is 20.3 Å². The highest BCUT2D eigenvalue weighted by atomic mass is 19.1. The number of methoxy groups -OCH3 is 1. The lowest BCUT2D eigenvalue weighted by atomic mass is 10.0. The molecule has 0 aliphatic carbocycles. The second-order valence-electron chi connectivity index (χ2n) is 7.65. The van der Waals surface area contributed by atoms with E-state index >= 15 is 0 Å². The lowest BCUT2D eigenvalue weighted by Gasteiger charge is -2.14. The number of nitrogens with two attached hydrogens (primary N) is 1. The fraction of sp³-hybridized carbons (Fsp3) is 0.286. The molecular weight excluding hydrogens is 417 g/mol. The fourth-order valence-corrected chi connectivity index (χ4v) is 3.53. The van der Waals surface area contributed by atoms with E-state index in [0.717, 1.165) is 5.69 Å². The van der Waals surface area contributed by atoms with Crippen molar-refractivity contribution in [3.63, 3.8) is 0 Å². The van der Waals surface area contributed by atoms with Crippen molar-refractivity contribution in [2.45, 2.75) is 26.0 Å². The molecule has 0 atom stereocenters. The summed E-state index contributed by atoms with van der Waals surface area (Å²) in [6.45, 7) is 3.66. The largest absolute Gasteiger partial charge is 0.491 e. The lowest BCUT2D eigenvalue weighted by molar-refractivity contribution is -0.899. The number of aromatic nitrogens is 6. The van der Waals surface area contributed by atoms with Crippen LogP contribution < -0.4 is 20.0 Å². The third-order valence-corrected chi connectivity index (χ3v) is 4.93. The minimum atomic E-state index is -1.11. The maximum atomic E-state index is 14.1. The van der Waals surface area contributed by atoms with Gasteiger partial charge in [0.25, 0.3) is 11.4 Å². The van der Waals surface area contributed by atoms with Crippen molar-refractivity contribution in [1.29, 1.82) is 0 Å². The number of aliphatic hydroxyl groups is 1. The molecule has 3 N–H and O–H groups in total. The SMILES string of the molecule is COc1c(F)ccc2c(-c3cn(Cc4cccc(C(C)(C)O)[n+]4OC)nn3)nc(N)nc12. The van der Waals surface area contributed by atoms with Crippen LogP contribution in [0.4, 0.5) is 10.3 Å². The number of benzene rings is 1. The number of ether oxygens (including phenoxy) is 1. The summed E-state index contributed by atoms with van der Waals surface area (Å²) in [5, 5.41) is 19.4. The molecule has 4 rings (SSSR count). The summed E-state index contributed by atoms with van der Waals surface area (Å²) in [5.41, 5.74) is 7.16. The first-order valence-electron chi connectivity index (χ1n) is 9.74. The molecule has 0 radical (unpaired) electrons. The molecule has 0 saturated carbocycles. The predicted octanol–water partition coefficient (Wildman–Crippen LogP) is 1.24. The zero-order valence-corrected chi connectivity index (χ0v) is 18.1. The second-order valence-corrected chi connectivity index (χ2v) is 7.65. The van der Waals surface area contributed by atoms with Crippen molar-refractivity contribution in [2.24, 2.45) is 0 Å². The van der Waals surface area contributed by atoms with Crippen molar-refractivity contribution >= 4 is 16.9 Å². The zero-order valence-electron chi connectivity index (χ0n) is 18.1. The van der Waals surface area contributed by atoms with Gasteiger partial charge in [-0.1, -0.05) is 5.21 Å². The normalized spacial score (nSPS) is 11.7. The fourth-order valence-electron chi connectivity index (χ4n) is 3.53. The number of hydrogen-bond acceptors (Lipinski definition) is 8. The van der Waals surface area contributed by atoms with E-state index in [1.165, 1.54) is 20.3 Å². The van der Waals surface area contributed by atoms with Gasteiger partial charge in [-0.3, -0.25) is 4.84 Å². The van der Waals surface area contributed by atoms with Crippen LogP contribution in [0.2, 0.25) is 0 Å². The third-order valence-electron chi connectivity index (χ3n) is 4.93. The summed E-state index contributed by atoms with van der Waals surface area (Å²) in [4.78, 5) is 13.9. The van der Waals surface area contributed by atoms with Crippen LogP contribution >= 0.6 is 0 Å². The van der Waals surface area contributed by atoms with Gasteiger partial charge in [0.05, 0.1) is 13.3 Å². The van der Waals surface area contributed by atoms with E-state index in [-0.39, 0.29) is 17.2 Å². The van der Waals surface area contributed by atoms with Crippen LogP contribution in [0.5, 0.6) is 5.75 Å². The van der Waals surface area contributed by atoms with Gasteiger partial charge in [0.15, 0.2) is 11.6 Å². The van der Waals surface area contributed by atoms with Gasteiger partial charge in [0, 0.05) is 22.2 Å². The average Bonchev–Trinajstić information content (AvgIpc) is 3.20. The van der Waals surface area contributed by atoms with E-state index in [1.807, 2.05) is 12.1 Å². The Morgan fingerprint density at radius 1 is 1.19 bits per heavy atom. The Morgan fingerprint density at radius 2 is 1.97 bits per heavy atom. The van der Waals surface area contributed by atoms with Crippen LogP contribution in [-0.2, 0) is 12.1 Å². The smallest absolute Gasteiger partial charge is 0.265 e. The Hall–Kier alpha value is -3.86. The number of halogens is 1. The van der Waals surface area contributed by atoms with Gasteiger partial charge in [0.2, 0.25) is 5.95 Å². The number of rotatable bonds is 6. The molecular formula is C21H23FN7O3+. The first-order valence-corrected chi connectivity index (χ1v) is 9.74. The summed E-state index contributed by atoms with van der Waals surface area (Å²) in [6.07, 6.45) is 1.69. The highest BCUT2D eigenvalue weighted by molar-refractivity contribution is 5.95. The monoisotopic (exact) mass is 440 g/mol. The summed E-state index contributed by atoms with van der Waals surface area (Å²) in [5.74, 6) is -0.612. The number of nitrogens with zero attached hydrogens (tertiary/aromatic N) is 6. The van der Waals surface area contributed by atoms with Crippen LogP contribution in [0.25, 0.3) is 22.3 Å². The molecule has 10 nitrogen and oxygen atoms in total. The summed E-state index contributed by atoms with van der Waals surface area (Å²) in [6, 6.07) is 8.29. The Labute approximate surface area is 183 Å². The molecule has 166 valence electrons. The molecule has 32 heavy (non-hydrogen) atoms. The molecule has 4 aromatic rings. The molecule has 0 amide bonds. The highest BCUT2D eigenvalue weighted by Crippen LogP contribution is 2.32. The predicted molar refractivity (Wildman–Crippen MR) is 113 cm³/mol. The van der Waals surface area contributed by atoms with Gasteiger partial charge in [-0.15, -0.1) is 5.10 Å². The molecule has 1 aromatic carbocycles. The van der Waals surface area contributed by atoms with Gasteiger partial charge in [-0.25, -0.2) is 19.0 Å². The van der Waals surface area contributed by atoms with E-state index in [9.17, 15) is 9.50 Å². The van der Waals surface area contributed by atoms with Crippen molar-refractivity contribution in [1.82, 2.24) is 25.0 Å². The van der Waals surface area contributed by atoms with Crippen molar-refractivity contribution in [3.8, 4) is 17.1 Å². The molecule has 11 heteroatoms. The van der Waals surface area contributed by atoms with Crippen LogP contribution in [0, 0.1) is 5.82 Å². The average molecular weight is 440 g/mol. The van der Waals surface area contributed by atoms with Crippen LogP contribution in [0.15, 0.2) is 36.5 Å². The van der Waals surface area contributed by atoms with Gasteiger partial charge in [-0.2, -0.15) is 0 Å². The molecule has 3 heterocycles. The number of fused-ring (bicyclic) bond motifs is 1. The van der Waals surface area contributed by atoms with Crippen molar-refractivity contribution in [2.75, 3.05) is 20.0 Å². The Bertz CT molecular complexity index is 1300. The molecule has 0 saturated heterocycles. The van der Waals surface area contributed by atoms with Crippen LogP contribution in [0.1, 0.15) is 25.2 Å². The molecule has 0 bridgehead atoms. The van der Waals surface area contributed by atoms with E-state index < -0.39 is 11.4 Å². The molecule has 3 aromatic heterocycles. The van der Waals surface area contributed by atoms with Gasteiger partial charge >= 0.3 is 0 Å². The quantitative estimate of drug-likeness (QED) is 0.429. The van der Waals surface area contributed by atoms with Crippen LogP contribution in [-0.4, -0.2) is 44.3 Å². The minimum absolute atomic E-state index is 0.0187. The standard InChI is InChI=1S/C21H23FN7O3/c1-21(2,30)16-7-5-6-12(29(16)32-4)10-28-11-15(26-27-28)17-13-8-9-14(22)19(31-3)18(13)25-20(23)24-17/h5-9,11,30H,10H2,1-4H3,(H2,23,24,25)/q+1. The number of hydrogen-bond donors (Lipinski definition) is 2. The van der Waals surface area contributed by atoms with Gasteiger partial charge in [0.1, 0.15) is 36.2 Å². The Balaban J connectivity index is 1.76. The van der Waals surface area contributed by atoms with Gasteiger partial charge in [-0.05, 0) is 32.0 Å². The van der Waals surface area contributed by atoms with Crippen molar-refractivity contribution < 1.29 is 23.8 Å². The number of pyridine rings is 1. The minimum Gasteiger partial charge on any atom is -0.491 e. The van der Waals surface area contributed by atoms with Crippen LogP contribution in [0.3, 0.4) is 0 Å². The number of anilines is 1. The Morgan fingerprint density at radius 3 is 2.66 bits per heavy atom. The number of nitrogen functional groups attached to an aromatic ring is 1. The van der Waals surface area contributed by atoms with E-state index in [1.54, 1.807) is 41.6 Å². The highest BCUT2D eigenvalue weighted by Gasteiger charge is 2.31. The maximum absolute atomic E-state index is 14.1. The molecule has 0 aliphatic heterocycles. The summed E-state index contributed by atoms with van der Waals surface area (Å²) < 4.78 is 22.4. The molecule has 0 fully saturated rings. The first kappa shape index (κ1) is 21.4. The second kappa shape index (κ2) is 8.00. The topological polar surface area (TPSA) is 125 Å². The Kier molecular flexibility index (Phi) is 5.35. The molecule has 0 spiro atoms. The zero-order chi connectivity index (χ0) is 23.0. The molecule has 0 aliphatic rings. The van der Waals surface area contributed by atoms with Gasteiger partial charge < -0.3 is 15.6 Å². The summed E-state index contributed by atoms with van der Waals surface area (Å²) >= 11 is 0. The maximum Gasteiger partial charge on any atom is 0.265 e. The third kappa shape index (κ3) is 3.78.